The average molecular weight is 385 g/mol. The van der Waals surface area contributed by atoms with Gasteiger partial charge in [-0.3, -0.25) is 9.63 Å². The lowest BCUT2D eigenvalue weighted by atomic mass is 10.2. The Morgan fingerprint density at radius 1 is 1.48 bits per heavy atom. The van der Waals surface area contributed by atoms with Crippen molar-refractivity contribution in [3.05, 3.63) is 22.4 Å². The minimum absolute atomic E-state index is 0.263. The van der Waals surface area contributed by atoms with Gasteiger partial charge in [-0.25, -0.2) is 14.7 Å². The van der Waals surface area contributed by atoms with Gasteiger partial charge in [-0.15, -0.1) is 0 Å². The van der Waals surface area contributed by atoms with E-state index in [1.165, 1.54) is 7.11 Å². The quantitative estimate of drug-likeness (QED) is 0.685. The number of halogens is 1. The third-order valence-corrected chi connectivity index (χ3v) is 3.85. The molecule has 2 heterocycles. The molecule has 0 aliphatic carbocycles. The van der Waals surface area contributed by atoms with Gasteiger partial charge in [-0.1, -0.05) is 13.8 Å². The Morgan fingerprint density at radius 3 is 2.83 bits per heavy atom. The van der Waals surface area contributed by atoms with Gasteiger partial charge >= 0.3 is 0 Å². The zero-order valence-electron chi connectivity index (χ0n) is 13.7. The third kappa shape index (κ3) is 3.70. The maximum Gasteiger partial charge on any atom is 0.298 e. The molecule has 0 saturated heterocycles. The number of ether oxygens (including phenoxy) is 1. The van der Waals surface area contributed by atoms with Crippen LogP contribution in [0, 0.1) is 0 Å². The molecule has 0 bridgehead atoms. The molecule has 126 valence electrons. The molecule has 0 saturated carbocycles. The van der Waals surface area contributed by atoms with E-state index in [0.717, 1.165) is 22.4 Å². The Balaban J connectivity index is 2.55. The molecule has 7 nitrogen and oxygen atoms in total. The number of aromatic nitrogens is 3. The van der Waals surface area contributed by atoms with Crippen LogP contribution in [0.5, 0.6) is 0 Å². The molecule has 0 N–H and O–H groups in total. The second kappa shape index (κ2) is 7.85. The number of nitrogens with zero attached hydrogens (tertiary/aromatic N) is 4. The number of rotatable bonds is 7. The lowest BCUT2D eigenvalue weighted by molar-refractivity contribution is -0.0761. The minimum Gasteiger partial charge on any atom is -0.356 e. The van der Waals surface area contributed by atoms with Gasteiger partial charge in [-0.05, 0) is 34.8 Å². The number of hydrogen-bond donors (Lipinski definition) is 0. The molecular weight excluding hydrogens is 364 g/mol. The highest BCUT2D eigenvalue weighted by Crippen LogP contribution is 2.26. The molecule has 0 radical (unpaired) electrons. The largest absolute Gasteiger partial charge is 0.356 e. The highest BCUT2D eigenvalue weighted by Gasteiger charge is 2.24. The molecule has 23 heavy (non-hydrogen) atoms. The van der Waals surface area contributed by atoms with Gasteiger partial charge < -0.3 is 4.74 Å². The number of carbonyl (C=O) groups excluding carboxylic acids is 1. The molecular formula is C15H21BrN4O3. The Kier molecular flexibility index (Phi) is 6.09. The first-order valence-corrected chi connectivity index (χ1v) is 8.30. The predicted molar refractivity (Wildman–Crippen MR) is 89.9 cm³/mol. The third-order valence-electron chi connectivity index (χ3n) is 3.41. The molecule has 2 rings (SSSR count). The van der Waals surface area contributed by atoms with E-state index >= 15 is 0 Å². The molecule has 2 aromatic heterocycles. The average Bonchev–Trinajstić information content (AvgIpc) is 2.92. The van der Waals surface area contributed by atoms with Crippen LogP contribution in [0.2, 0.25) is 0 Å². The summed E-state index contributed by atoms with van der Waals surface area (Å²) >= 11 is 3.39. The fourth-order valence-electron chi connectivity index (χ4n) is 2.20. The van der Waals surface area contributed by atoms with Crippen molar-refractivity contribution < 1.29 is 14.4 Å². The summed E-state index contributed by atoms with van der Waals surface area (Å²) in [4.78, 5) is 21.9. The van der Waals surface area contributed by atoms with Crippen molar-refractivity contribution in [3.8, 4) is 0 Å². The molecule has 0 aromatic carbocycles. The Bertz CT molecular complexity index is 689. The van der Waals surface area contributed by atoms with Crippen molar-refractivity contribution in [2.75, 3.05) is 20.8 Å². The van der Waals surface area contributed by atoms with Gasteiger partial charge in [0.1, 0.15) is 0 Å². The van der Waals surface area contributed by atoms with Gasteiger partial charge in [0, 0.05) is 24.3 Å². The van der Waals surface area contributed by atoms with Crippen LogP contribution >= 0.6 is 15.9 Å². The van der Waals surface area contributed by atoms with Crippen molar-refractivity contribution in [3.63, 3.8) is 0 Å². The van der Waals surface area contributed by atoms with Crippen molar-refractivity contribution in [2.24, 2.45) is 0 Å². The van der Waals surface area contributed by atoms with E-state index in [0.29, 0.717) is 17.6 Å². The zero-order valence-corrected chi connectivity index (χ0v) is 15.3. The number of hydroxylamine groups is 2. The van der Waals surface area contributed by atoms with Gasteiger partial charge in [0.05, 0.1) is 12.5 Å². The molecule has 8 heteroatoms. The summed E-state index contributed by atoms with van der Waals surface area (Å²) in [5, 5.41) is 6.26. The maximum atomic E-state index is 12.5. The van der Waals surface area contributed by atoms with E-state index in [1.54, 1.807) is 17.9 Å². The fraction of sp³-hybridized carbons (Fsp3) is 0.533. The van der Waals surface area contributed by atoms with Gasteiger partial charge in [0.2, 0.25) is 0 Å². The van der Waals surface area contributed by atoms with Crippen LogP contribution < -0.4 is 0 Å². The Morgan fingerprint density at radius 2 is 2.22 bits per heavy atom. The summed E-state index contributed by atoms with van der Waals surface area (Å²) in [7, 11) is 2.98. The van der Waals surface area contributed by atoms with E-state index < -0.39 is 0 Å². The summed E-state index contributed by atoms with van der Waals surface area (Å²) in [6.07, 6.45) is 3.05. The lowest BCUT2D eigenvalue weighted by Gasteiger charge is -2.16. The number of fused-ring (bicyclic) bond motifs is 1. The molecule has 0 aliphatic heterocycles. The van der Waals surface area contributed by atoms with Crippen LogP contribution in [0.15, 0.2) is 16.7 Å². The monoisotopic (exact) mass is 384 g/mol. The molecule has 1 unspecified atom stereocenters. The van der Waals surface area contributed by atoms with Crippen molar-refractivity contribution in [2.45, 2.75) is 32.9 Å². The van der Waals surface area contributed by atoms with Crippen LogP contribution in [0.4, 0.5) is 0 Å². The molecule has 2 aromatic rings. The van der Waals surface area contributed by atoms with E-state index in [1.807, 2.05) is 19.9 Å². The normalized spacial score (nSPS) is 12.6. The first-order valence-electron chi connectivity index (χ1n) is 7.50. The van der Waals surface area contributed by atoms with Crippen LogP contribution in [0.1, 0.15) is 43.4 Å². The highest BCUT2D eigenvalue weighted by atomic mass is 79.9. The topological polar surface area (TPSA) is 69.5 Å². The SMILES string of the molecule is CCCOC(CC)n1nc(C(=O)N(C)OC)c2cc(Br)cnc21. The molecule has 0 spiro atoms. The first-order chi connectivity index (χ1) is 11.0. The summed E-state index contributed by atoms with van der Waals surface area (Å²) in [6, 6.07) is 1.83. The minimum atomic E-state index is -0.332. The summed E-state index contributed by atoms with van der Waals surface area (Å²) in [6.45, 7) is 4.68. The van der Waals surface area contributed by atoms with E-state index in [9.17, 15) is 4.79 Å². The molecule has 0 aliphatic rings. The van der Waals surface area contributed by atoms with E-state index in [4.69, 9.17) is 9.57 Å². The number of amides is 1. The van der Waals surface area contributed by atoms with Crippen LogP contribution in [-0.4, -0.2) is 46.5 Å². The summed E-state index contributed by atoms with van der Waals surface area (Å²) in [5.74, 6) is -0.332. The second-order valence-corrected chi connectivity index (χ2v) is 5.95. The number of pyridine rings is 1. The van der Waals surface area contributed by atoms with Crippen LogP contribution in [-0.2, 0) is 9.57 Å². The fourth-order valence-corrected chi connectivity index (χ4v) is 2.54. The highest BCUT2D eigenvalue weighted by molar-refractivity contribution is 9.10. The lowest BCUT2D eigenvalue weighted by Crippen LogP contribution is -2.26. The molecule has 0 fully saturated rings. The van der Waals surface area contributed by atoms with Crippen molar-refractivity contribution >= 4 is 32.9 Å². The van der Waals surface area contributed by atoms with E-state index in [-0.39, 0.29) is 17.8 Å². The van der Waals surface area contributed by atoms with Gasteiger partial charge in [0.15, 0.2) is 17.6 Å². The molecule has 1 atom stereocenters. The second-order valence-electron chi connectivity index (χ2n) is 5.04. The van der Waals surface area contributed by atoms with Crippen molar-refractivity contribution in [1.29, 1.82) is 0 Å². The Labute approximate surface area is 143 Å². The van der Waals surface area contributed by atoms with Crippen LogP contribution in [0.3, 0.4) is 0 Å². The van der Waals surface area contributed by atoms with E-state index in [2.05, 4.69) is 26.0 Å². The van der Waals surface area contributed by atoms with Gasteiger partial charge in [-0.2, -0.15) is 5.10 Å². The summed E-state index contributed by atoms with van der Waals surface area (Å²) in [5.41, 5.74) is 0.903. The summed E-state index contributed by atoms with van der Waals surface area (Å²) < 4.78 is 8.29. The smallest absolute Gasteiger partial charge is 0.298 e. The van der Waals surface area contributed by atoms with Crippen molar-refractivity contribution in [1.82, 2.24) is 19.8 Å². The van der Waals surface area contributed by atoms with Gasteiger partial charge in [0.25, 0.3) is 5.91 Å². The number of hydrogen-bond acceptors (Lipinski definition) is 5. The molecule has 1 amide bonds. The predicted octanol–water partition coefficient (Wildman–Crippen LogP) is 3.16. The number of carbonyl (C=O) groups is 1. The standard InChI is InChI=1S/C15H21BrN4O3/c1-5-7-23-12(6-2)20-14-11(8-10(16)9-17-14)13(18-20)15(21)19(3)22-4/h8-9,12H,5-7H2,1-4H3. The maximum absolute atomic E-state index is 12.5. The zero-order chi connectivity index (χ0) is 17.0. The Hall–Kier alpha value is -1.51. The first kappa shape index (κ1) is 17.8. The van der Waals surface area contributed by atoms with Crippen LogP contribution in [0.25, 0.3) is 11.0 Å².